The normalized spacial score (nSPS) is 31.2. The van der Waals surface area contributed by atoms with Crippen LogP contribution in [0.2, 0.25) is 0 Å². The van der Waals surface area contributed by atoms with E-state index < -0.39 is 9.84 Å². The van der Waals surface area contributed by atoms with Gasteiger partial charge in [0.1, 0.15) is 0 Å². The molecule has 0 N–H and O–H groups in total. The summed E-state index contributed by atoms with van der Waals surface area (Å²) in [5.41, 5.74) is 0. The number of urea groups is 1. The van der Waals surface area contributed by atoms with Crippen LogP contribution >= 0.6 is 0 Å². The Morgan fingerprint density at radius 2 is 1.71 bits per heavy atom. The van der Waals surface area contributed by atoms with Gasteiger partial charge in [0, 0.05) is 59.0 Å². The van der Waals surface area contributed by atoms with Gasteiger partial charge in [0.15, 0.2) is 9.84 Å². The summed E-state index contributed by atoms with van der Waals surface area (Å²) in [6.07, 6.45) is 0. The van der Waals surface area contributed by atoms with Gasteiger partial charge in [0.2, 0.25) is 0 Å². The van der Waals surface area contributed by atoms with E-state index in [0.29, 0.717) is 39.3 Å². The molecule has 0 saturated carbocycles. The maximum Gasteiger partial charge on any atom is 0.320 e. The third kappa shape index (κ3) is 3.68. The molecule has 0 bridgehead atoms. The lowest BCUT2D eigenvalue weighted by Crippen LogP contribution is -2.64. The minimum atomic E-state index is -3.10. The summed E-state index contributed by atoms with van der Waals surface area (Å²) in [5, 5.41) is 0. The summed E-state index contributed by atoms with van der Waals surface area (Å²) < 4.78 is 29.5. The third-order valence-corrected chi connectivity index (χ3v) is 7.09. The molecule has 3 fully saturated rings. The topological polar surface area (TPSA) is 73.4 Å². The Morgan fingerprint density at radius 3 is 2.38 bits per heavy atom. The summed E-state index contributed by atoms with van der Waals surface area (Å²) in [6.45, 7) is 5.75. The van der Waals surface area contributed by atoms with E-state index in [1.165, 1.54) is 0 Å². The molecule has 138 valence electrons. The van der Waals surface area contributed by atoms with E-state index in [1.54, 1.807) is 7.11 Å². The van der Waals surface area contributed by atoms with Crippen LogP contribution in [0.4, 0.5) is 4.79 Å². The number of nitrogens with zero attached hydrogens (tertiary/aromatic N) is 4. The highest BCUT2D eigenvalue weighted by molar-refractivity contribution is 7.91. The maximum atomic E-state index is 12.9. The number of likely N-dealkylation sites (N-methyl/N-ethyl adjacent to an activating group) is 1. The number of carbonyl (C=O) groups excluding carboxylic acids is 1. The molecule has 2 atom stereocenters. The lowest BCUT2D eigenvalue weighted by atomic mass is 10.1. The van der Waals surface area contributed by atoms with E-state index in [4.69, 9.17) is 4.74 Å². The molecule has 8 nitrogen and oxygen atoms in total. The minimum Gasteiger partial charge on any atom is -0.383 e. The first-order valence-corrected chi connectivity index (χ1v) is 10.4. The van der Waals surface area contributed by atoms with Gasteiger partial charge >= 0.3 is 6.03 Å². The van der Waals surface area contributed by atoms with E-state index in [1.807, 2.05) is 9.80 Å². The van der Waals surface area contributed by atoms with Gasteiger partial charge in [-0.1, -0.05) is 0 Å². The first-order chi connectivity index (χ1) is 11.4. The number of methoxy groups -OCH3 is 1. The van der Waals surface area contributed by atoms with E-state index in [0.717, 1.165) is 13.1 Å². The fourth-order valence-electron chi connectivity index (χ4n) is 3.93. The van der Waals surface area contributed by atoms with Gasteiger partial charge in [-0.25, -0.2) is 13.2 Å². The smallest absolute Gasteiger partial charge is 0.320 e. The molecule has 0 aromatic carbocycles. The Hall–Kier alpha value is -0.900. The quantitative estimate of drug-likeness (QED) is 0.628. The highest BCUT2D eigenvalue weighted by Gasteiger charge is 2.48. The summed E-state index contributed by atoms with van der Waals surface area (Å²) in [4.78, 5) is 21.0. The highest BCUT2D eigenvalue weighted by Crippen LogP contribution is 2.27. The van der Waals surface area contributed by atoms with Gasteiger partial charge in [0.05, 0.1) is 24.2 Å². The van der Waals surface area contributed by atoms with E-state index in [2.05, 4.69) is 16.8 Å². The minimum absolute atomic E-state index is 0.00147. The van der Waals surface area contributed by atoms with Crippen molar-refractivity contribution in [2.24, 2.45) is 0 Å². The number of amides is 2. The number of hydrogen-bond acceptors (Lipinski definition) is 6. The van der Waals surface area contributed by atoms with E-state index >= 15 is 0 Å². The lowest BCUT2D eigenvalue weighted by molar-refractivity contribution is 0.0323. The highest BCUT2D eigenvalue weighted by atomic mass is 32.2. The van der Waals surface area contributed by atoms with Crippen LogP contribution < -0.4 is 0 Å². The summed E-state index contributed by atoms with van der Waals surface area (Å²) in [7, 11) is 0.605. The molecule has 3 saturated heterocycles. The molecule has 0 spiro atoms. The van der Waals surface area contributed by atoms with Crippen LogP contribution in [0.1, 0.15) is 0 Å². The fourth-order valence-corrected chi connectivity index (χ4v) is 5.94. The van der Waals surface area contributed by atoms with Gasteiger partial charge in [-0.15, -0.1) is 0 Å². The Balaban J connectivity index is 1.72. The van der Waals surface area contributed by atoms with Crippen molar-refractivity contribution in [2.75, 3.05) is 78.1 Å². The molecule has 3 rings (SSSR count). The maximum absolute atomic E-state index is 12.9. The summed E-state index contributed by atoms with van der Waals surface area (Å²) in [5.74, 6) is 0.231. The second kappa shape index (κ2) is 7.15. The van der Waals surface area contributed by atoms with Crippen molar-refractivity contribution in [3.8, 4) is 0 Å². The number of ether oxygens (including phenoxy) is 1. The van der Waals surface area contributed by atoms with Crippen molar-refractivity contribution in [1.29, 1.82) is 0 Å². The Labute approximate surface area is 144 Å². The Kier molecular flexibility index (Phi) is 5.33. The van der Waals surface area contributed by atoms with E-state index in [-0.39, 0.29) is 29.6 Å². The van der Waals surface area contributed by atoms with Crippen molar-refractivity contribution >= 4 is 15.9 Å². The largest absolute Gasteiger partial charge is 0.383 e. The number of fused-ring (bicyclic) bond motifs is 1. The van der Waals surface area contributed by atoms with E-state index in [9.17, 15) is 13.2 Å². The Morgan fingerprint density at radius 1 is 1.04 bits per heavy atom. The monoisotopic (exact) mass is 360 g/mol. The lowest BCUT2D eigenvalue weighted by Gasteiger charge is -2.46. The molecule has 0 aromatic rings. The standard InChI is InChI=1S/C15H28N4O4S/c1-16-3-5-18(6-4-16)15(20)19-8-7-17(9-10-23-2)13-11-24(21,22)12-14(13)19/h13-14H,3-12H2,1-2H3/t13-,14+/m1/s1. The summed E-state index contributed by atoms with van der Waals surface area (Å²) >= 11 is 0. The van der Waals surface area contributed by atoms with Crippen molar-refractivity contribution in [2.45, 2.75) is 12.1 Å². The molecule has 9 heteroatoms. The average molecular weight is 360 g/mol. The molecule has 0 unspecified atom stereocenters. The zero-order chi connectivity index (χ0) is 17.3. The van der Waals surface area contributed by atoms with Crippen LogP contribution in [-0.2, 0) is 14.6 Å². The molecular formula is C15H28N4O4S. The van der Waals surface area contributed by atoms with Gasteiger partial charge < -0.3 is 19.4 Å². The van der Waals surface area contributed by atoms with Crippen molar-refractivity contribution in [1.82, 2.24) is 19.6 Å². The van der Waals surface area contributed by atoms with Crippen molar-refractivity contribution in [3.63, 3.8) is 0 Å². The first-order valence-electron chi connectivity index (χ1n) is 8.59. The number of carbonyl (C=O) groups is 1. The fraction of sp³-hybridized carbons (Fsp3) is 0.933. The molecule has 24 heavy (non-hydrogen) atoms. The van der Waals surface area contributed by atoms with Gasteiger partial charge in [-0.3, -0.25) is 4.90 Å². The van der Waals surface area contributed by atoms with Crippen LogP contribution in [0.15, 0.2) is 0 Å². The van der Waals surface area contributed by atoms with Crippen LogP contribution in [0.3, 0.4) is 0 Å². The SMILES string of the molecule is COCCN1CCN(C(=O)N2CCN(C)CC2)[C@H]2CS(=O)(=O)C[C@H]21. The first kappa shape index (κ1) is 17.9. The second-order valence-corrected chi connectivity index (χ2v) is 9.16. The molecule has 3 aliphatic heterocycles. The molecule has 0 radical (unpaired) electrons. The molecular weight excluding hydrogens is 332 g/mol. The number of piperazine rings is 2. The predicted molar refractivity (Wildman–Crippen MR) is 90.9 cm³/mol. The molecule has 2 amide bonds. The van der Waals surface area contributed by atoms with Gasteiger partial charge in [-0.05, 0) is 7.05 Å². The zero-order valence-corrected chi connectivity index (χ0v) is 15.4. The van der Waals surface area contributed by atoms with Crippen LogP contribution in [0, 0.1) is 0 Å². The van der Waals surface area contributed by atoms with Crippen molar-refractivity contribution in [3.05, 3.63) is 0 Å². The molecule has 0 aromatic heterocycles. The average Bonchev–Trinajstić information content (AvgIpc) is 2.87. The number of hydrogen-bond donors (Lipinski definition) is 0. The molecule has 0 aliphatic carbocycles. The zero-order valence-electron chi connectivity index (χ0n) is 14.6. The van der Waals surface area contributed by atoms with Crippen LogP contribution in [-0.4, -0.2) is 124 Å². The van der Waals surface area contributed by atoms with Crippen molar-refractivity contribution < 1.29 is 17.9 Å². The van der Waals surface area contributed by atoms with Crippen LogP contribution in [0.25, 0.3) is 0 Å². The van der Waals surface area contributed by atoms with Gasteiger partial charge in [0.25, 0.3) is 0 Å². The molecule has 3 aliphatic rings. The van der Waals surface area contributed by atoms with Gasteiger partial charge in [-0.2, -0.15) is 0 Å². The summed E-state index contributed by atoms with van der Waals surface area (Å²) in [6, 6.07) is -0.329. The Bertz CT molecular complexity index is 562. The number of sulfone groups is 1. The molecule has 3 heterocycles. The number of rotatable bonds is 3. The van der Waals surface area contributed by atoms with Crippen LogP contribution in [0.5, 0.6) is 0 Å². The predicted octanol–water partition coefficient (Wildman–Crippen LogP) is -1.22. The second-order valence-electron chi connectivity index (χ2n) is 7.01. The third-order valence-electron chi connectivity index (χ3n) is 5.39.